The van der Waals surface area contributed by atoms with Gasteiger partial charge in [-0.05, 0) is 83.5 Å². The molecule has 0 fully saturated rings. The second-order valence-electron chi connectivity index (χ2n) is 16.4. The Morgan fingerprint density at radius 3 is 1.02 bits per heavy atom. The van der Waals surface area contributed by atoms with Gasteiger partial charge in [-0.25, -0.2) is 0 Å². The topological polar surface area (TPSA) is 78.9 Å². The molecule has 0 heterocycles. The van der Waals surface area contributed by atoms with Crippen molar-refractivity contribution < 1.29 is 28.6 Å². The molecular formula is C53H92O6. The van der Waals surface area contributed by atoms with E-state index >= 15 is 0 Å². The van der Waals surface area contributed by atoms with Crippen LogP contribution in [0.1, 0.15) is 239 Å². The molecule has 1 unspecified atom stereocenters. The van der Waals surface area contributed by atoms with Gasteiger partial charge in [0, 0.05) is 19.3 Å². The molecule has 0 saturated heterocycles. The molecule has 0 radical (unpaired) electrons. The maximum atomic E-state index is 12.7. The number of unbranched alkanes of at least 4 members (excludes halogenated alkanes) is 25. The second kappa shape index (κ2) is 47.8. The lowest BCUT2D eigenvalue weighted by Gasteiger charge is -2.18. The molecule has 0 aliphatic carbocycles. The van der Waals surface area contributed by atoms with Crippen LogP contribution >= 0.6 is 0 Å². The Labute approximate surface area is 364 Å². The van der Waals surface area contributed by atoms with E-state index in [1.165, 1.54) is 116 Å². The molecular weight excluding hydrogens is 733 g/mol. The van der Waals surface area contributed by atoms with Crippen LogP contribution in [-0.4, -0.2) is 37.2 Å². The summed E-state index contributed by atoms with van der Waals surface area (Å²) in [4.78, 5) is 37.8. The van der Waals surface area contributed by atoms with Crippen molar-refractivity contribution >= 4 is 17.9 Å². The van der Waals surface area contributed by atoms with Gasteiger partial charge in [-0.15, -0.1) is 0 Å². The van der Waals surface area contributed by atoms with E-state index in [-0.39, 0.29) is 37.5 Å². The van der Waals surface area contributed by atoms with Gasteiger partial charge in [0.05, 0.1) is 0 Å². The van der Waals surface area contributed by atoms with Crippen LogP contribution in [0.2, 0.25) is 0 Å². The largest absolute Gasteiger partial charge is 0.462 e. The highest BCUT2D eigenvalue weighted by atomic mass is 16.6. The first-order chi connectivity index (χ1) is 29.0. The third-order valence-electron chi connectivity index (χ3n) is 10.5. The van der Waals surface area contributed by atoms with E-state index in [1.54, 1.807) is 0 Å². The van der Waals surface area contributed by atoms with E-state index < -0.39 is 6.10 Å². The molecule has 0 saturated carbocycles. The molecule has 0 aliphatic heterocycles. The second-order valence-corrected chi connectivity index (χ2v) is 16.4. The number of carbonyl (C=O) groups is 3. The van der Waals surface area contributed by atoms with Crippen molar-refractivity contribution in [3.63, 3.8) is 0 Å². The summed E-state index contributed by atoms with van der Waals surface area (Å²) in [6.45, 7) is 6.48. The normalized spacial score (nSPS) is 12.5. The first-order valence-electron chi connectivity index (χ1n) is 24.8. The van der Waals surface area contributed by atoms with Gasteiger partial charge in [0.15, 0.2) is 6.10 Å². The standard InChI is InChI=1S/C53H92O6/c1-4-7-10-13-16-19-22-23-24-25-26-27-28-29-32-34-37-40-43-46-52(55)58-49-50(59-53(56)47-44-41-38-35-31-21-18-15-12-9-6-3)48-57-51(54)45-42-39-36-33-30-20-17-14-11-8-5-2/h14-15,17-18,20-21,25-26,30-31,50H,4-13,16,19,22-24,27-29,32-49H2,1-3H3/b17-14-,18-15-,26-25-,30-20-,31-21-. The van der Waals surface area contributed by atoms with Crippen molar-refractivity contribution in [1.82, 2.24) is 0 Å². The van der Waals surface area contributed by atoms with Crippen LogP contribution in [0.25, 0.3) is 0 Å². The Kier molecular flexibility index (Phi) is 45.4. The van der Waals surface area contributed by atoms with Crippen molar-refractivity contribution in [3.05, 3.63) is 60.8 Å². The summed E-state index contributed by atoms with van der Waals surface area (Å²) in [6.07, 6.45) is 57.8. The molecule has 59 heavy (non-hydrogen) atoms. The van der Waals surface area contributed by atoms with Crippen LogP contribution in [0.4, 0.5) is 0 Å². The average Bonchev–Trinajstić information content (AvgIpc) is 3.23. The predicted octanol–water partition coefficient (Wildman–Crippen LogP) is 16.1. The molecule has 0 rings (SSSR count). The van der Waals surface area contributed by atoms with Gasteiger partial charge in [0.2, 0.25) is 0 Å². The SMILES string of the molecule is CCCC/C=C\C=C/CCCCCC(=O)OCC(COC(=O)CCCCCCCCC/C=C\CCCCCCCCCC)OC(=O)CCCCC/C=C\C=C/CCCC. The molecule has 0 aliphatic rings. The third-order valence-corrected chi connectivity index (χ3v) is 10.5. The number of carbonyl (C=O) groups excluding carboxylic acids is 3. The van der Waals surface area contributed by atoms with Crippen LogP contribution in [-0.2, 0) is 28.6 Å². The number of hydrogen-bond acceptors (Lipinski definition) is 6. The molecule has 0 amide bonds. The molecule has 0 aromatic rings. The summed E-state index contributed by atoms with van der Waals surface area (Å²) >= 11 is 0. The first kappa shape index (κ1) is 56.1. The minimum atomic E-state index is -0.798. The maximum absolute atomic E-state index is 12.7. The van der Waals surface area contributed by atoms with Gasteiger partial charge in [-0.1, -0.05) is 197 Å². The van der Waals surface area contributed by atoms with Crippen LogP contribution in [0.5, 0.6) is 0 Å². The zero-order chi connectivity index (χ0) is 43.0. The van der Waals surface area contributed by atoms with Crippen molar-refractivity contribution in [2.75, 3.05) is 13.2 Å². The summed E-state index contributed by atoms with van der Waals surface area (Å²) in [5, 5.41) is 0. The summed E-state index contributed by atoms with van der Waals surface area (Å²) < 4.78 is 16.7. The van der Waals surface area contributed by atoms with Gasteiger partial charge in [0.25, 0.3) is 0 Å². The molecule has 0 spiro atoms. The highest BCUT2D eigenvalue weighted by Gasteiger charge is 2.19. The van der Waals surface area contributed by atoms with E-state index in [2.05, 4.69) is 81.5 Å². The van der Waals surface area contributed by atoms with Crippen molar-refractivity contribution in [1.29, 1.82) is 0 Å². The van der Waals surface area contributed by atoms with E-state index in [1.807, 2.05) is 0 Å². The Balaban J connectivity index is 4.35. The van der Waals surface area contributed by atoms with Crippen LogP contribution in [0.3, 0.4) is 0 Å². The lowest BCUT2D eigenvalue weighted by atomic mass is 10.1. The third kappa shape index (κ3) is 46.0. The van der Waals surface area contributed by atoms with Gasteiger partial charge in [0.1, 0.15) is 13.2 Å². The van der Waals surface area contributed by atoms with E-state index in [9.17, 15) is 14.4 Å². The molecule has 0 aromatic heterocycles. The minimum absolute atomic E-state index is 0.0960. The molecule has 340 valence electrons. The number of rotatable bonds is 44. The zero-order valence-electron chi connectivity index (χ0n) is 38.8. The fourth-order valence-electron chi connectivity index (χ4n) is 6.68. The Morgan fingerprint density at radius 2 is 0.627 bits per heavy atom. The minimum Gasteiger partial charge on any atom is -0.462 e. The van der Waals surface area contributed by atoms with Gasteiger partial charge in [-0.2, -0.15) is 0 Å². The average molecular weight is 825 g/mol. The Bertz CT molecular complexity index is 1090. The monoisotopic (exact) mass is 825 g/mol. The molecule has 0 aromatic carbocycles. The molecule has 6 heteroatoms. The predicted molar refractivity (Wildman–Crippen MR) is 251 cm³/mol. The van der Waals surface area contributed by atoms with E-state index in [4.69, 9.17) is 14.2 Å². The molecule has 0 N–H and O–H groups in total. The van der Waals surface area contributed by atoms with Crippen LogP contribution in [0, 0.1) is 0 Å². The van der Waals surface area contributed by atoms with Crippen molar-refractivity contribution in [2.24, 2.45) is 0 Å². The maximum Gasteiger partial charge on any atom is 0.306 e. The van der Waals surface area contributed by atoms with E-state index in [0.717, 1.165) is 83.5 Å². The number of esters is 3. The summed E-state index contributed by atoms with van der Waals surface area (Å²) in [5.74, 6) is -0.958. The smallest absolute Gasteiger partial charge is 0.306 e. The fraction of sp³-hybridized carbons (Fsp3) is 0.755. The lowest BCUT2D eigenvalue weighted by molar-refractivity contribution is -0.167. The van der Waals surface area contributed by atoms with Crippen LogP contribution in [0.15, 0.2) is 60.8 Å². The highest BCUT2D eigenvalue weighted by Crippen LogP contribution is 2.14. The first-order valence-corrected chi connectivity index (χ1v) is 24.8. The summed E-state index contributed by atoms with van der Waals surface area (Å²) in [7, 11) is 0. The van der Waals surface area contributed by atoms with E-state index in [0.29, 0.717) is 12.8 Å². The quantitative estimate of drug-likeness (QED) is 0.0200. The zero-order valence-corrected chi connectivity index (χ0v) is 38.8. The summed E-state index contributed by atoms with van der Waals surface area (Å²) in [5.41, 5.74) is 0. The van der Waals surface area contributed by atoms with Crippen LogP contribution < -0.4 is 0 Å². The molecule has 1 atom stereocenters. The molecule has 6 nitrogen and oxygen atoms in total. The van der Waals surface area contributed by atoms with Gasteiger partial charge in [-0.3, -0.25) is 14.4 Å². The fourth-order valence-corrected chi connectivity index (χ4v) is 6.68. The van der Waals surface area contributed by atoms with Crippen molar-refractivity contribution in [3.8, 4) is 0 Å². The van der Waals surface area contributed by atoms with Crippen molar-refractivity contribution in [2.45, 2.75) is 245 Å². The number of allylic oxidation sites excluding steroid dienone is 10. The molecule has 0 bridgehead atoms. The number of ether oxygens (including phenoxy) is 3. The highest BCUT2D eigenvalue weighted by molar-refractivity contribution is 5.71. The van der Waals surface area contributed by atoms with Gasteiger partial charge >= 0.3 is 17.9 Å². The summed E-state index contributed by atoms with van der Waals surface area (Å²) in [6, 6.07) is 0. The lowest BCUT2D eigenvalue weighted by Crippen LogP contribution is -2.30. The Hall–Kier alpha value is -2.89. The number of hydrogen-bond donors (Lipinski definition) is 0. The van der Waals surface area contributed by atoms with Gasteiger partial charge < -0.3 is 14.2 Å². The Morgan fingerprint density at radius 1 is 0.339 bits per heavy atom.